The summed E-state index contributed by atoms with van der Waals surface area (Å²) in [5.74, 6) is 1.63. The maximum atomic E-state index is 10.8. The number of nitrogens with zero attached hydrogens (tertiary/aromatic N) is 3. The lowest BCUT2D eigenvalue weighted by atomic mass is 10.2. The van der Waals surface area contributed by atoms with Crippen LogP contribution < -0.4 is 5.32 Å². The maximum Gasteiger partial charge on any atom is 0.235 e. The van der Waals surface area contributed by atoms with E-state index in [4.69, 9.17) is 4.74 Å². The van der Waals surface area contributed by atoms with E-state index >= 15 is 0 Å². The van der Waals surface area contributed by atoms with Crippen molar-refractivity contribution in [3.63, 3.8) is 0 Å². The molecule has 1 unspecified atom stereocenters. The van der Waals surface area contributed by atoms with Crippen LogP contribution in [0.5, 0.6) is 0 Å². The molecule has 0 saturated carbocycles. The van der Waals surface area contributed by atoms with Crippen molar-refractivity contribution in [3.05, 3.63) is 24.2 Å². The Hall–Kier alpha value is -1.82. The van der Waals surface area contributed by atoms with Gasteiger partial charge in [-0.3, -0.25) is 4.79 Å². The van der Waals surface area contributed by atoms with Gasteiger partial charge in [-0.25, -0.2) is 0 Å². The van der Waals surface area contributed by atoms with Crippen molar-refractivity contribution in [3.8, 4) is 0 Å². The van der Waals surface area contributed by atoms with Gasteiger partial charge in [0.15, 0.2) is 0 Å². The number of carbonyl (C=O) groups excluding carboxylic acids is 1. The molecule has 1 aliphatic rings. The Morgan fingerprint density at radius 1 is 1.67 bits per heavy atom. The van der Waals surface area contributed by atoms with E-state index in [1.165, 1.54) is 4.68 Å². The zero-order valence-electron chi connectivity index (χ0n) is 10.7. The third-order valence-electron chi connectivity index (χ3n) is 2.98. The lowest BCUT2D eigenvalue weighted by Gasteiger charge is -2.36. The van der Waals surface area contributed by atoms with Crippen molar-refractivity contribution in [2.45, 2.75) is 19.9 Å². The van der Waals surface area contributed by atoms with Crippen LogP contribution in [0.2, 0.25) is 0 Å². The van der Waals surface area contributed by atoms with Crippen molar-refractivity contribution < 1.29 is 9.53 Å². The second kappa shape index (κ2) is 5.68. The fourth-order valence-corrected chi connectivity index (χ4v) is 2.02. The monoisotopic (exact) mass is 250 g/mol. The first kappa shape index (κ1) is 12.6. The summed E-state index contributed by atoms with van der Waals surface area (Å²) in [4.78, 5) is 13.0. The number of aromatic nitrogens is 2. The van der Waals surface area contributed by atoms with Crippen LogP contribution in [0.15, 0.2) is 24.2 Å². The molecule has 1 aliphatic heterocycles. The van der Waals surface area contributed by atoms with Crippen LogP contribution in [0.3, 0.4) is 0 Å². The summed E-state index contributed by atoms with van der Waals surface area (Å²) in [5, 5.41) is 7.13. The molecule has 1 aromatic heterocycles. The predicted molar refractivity (Wildman–Crippen MR) is 68.7 cm³/mol. The molecule has 1 fully saturated rings. The van der Waals surface area contributed by atoms with Crippen LogP contribution in [0, 0.1) is 0 Å². The molecule has 1 saturated heterocycles. The van der Waals surface area contributed by atoms with Crippen LogP contribution >= 0.6 is 0 Å². The SMILES string of the molecule is C/C=C(\Nc1ccnn1C=O)N1CCOCC1C. The number of ether oxygens (including phenoxy) is 1. The number of anilines is 1. The van der Waals surface area contributed by atoms with Crippen LogP contribution in [0.4, 0.5) is 5.82 Å². The van der Waals surface area contributed by atoms with Gasteiger partial charge in [0, 0.05) is 12.6 Å². The second-order valence-electron chi connectivity index (χ2n) is 4.18. The van der Waals surface area contributed by atoms with Gasteiger partial charge in [-0.15, -0.1) is 0 Å². The van der Waals surface area contributed by atoms with Gasteiger partial charge in [-0.1, -0.05) is 0 Å². The molecule has 0 aliphatic carbocycles. The molecule has 0 radical (unpaired) electrons. The summed E-state index contributed by atoms with van der Waals surface area (Å²) >= 11 is 0. The molecule has 1 N–H and O–H groups in total. The Morgan fingerprint density at radius 3 is 3.17 bits per heavy atom. The Balaban J connectivity index is 2.12. The van der Waals surface area contributed by atoms with Gasteiger partial charge in [-0.2, -0.15) is 9.78 Å². The number of hydrogen-bond acceptors (Lipinski definition) is 5. The zero-order valence-corrected chi connectivity index (χ0v) is 10.7. The van der Waals surface area contributed by atoms with Crippen molar-refractivity contribution >= 4 is 12.2 Å². The minimum atomic E-state index is 0.310. The fraction of sp³-hybridized carbons (Fsp3) is 0.500. The molecule has 0 aromatic carbocycles. The summed E-state index contributed by atoms with van der Waals surface area (Å²) in [7, 11) is 0. The number of rotatable bonds is 4. The number of allylic oxidation sites excluding steroid dienone is 1. The number of nitrogens with one attached hydrogen (secondary N) is 1. The molecule has 98 valence electrons. The summed E-state index contributed by atoms with van der Waals surface area (Å²) in [5.41, 5.74) is 0. The highest BCUT2D eigenvalue weighted by atomic mass is 16.5. The Morgan fingerprint density at radius 2 is 2.50 bits per heavy atom. The number of carbonyl (C=O) groups is 1. The van der Waals surface area contributed by atoms with E-state index in [1.807, 2.05) is 13.0 Å². The highest BCUT2D eigenvalue weighted by Gasteiger charge is 2.21. The van der Waals surface area contributed by atoms with E-state index in [2.05, 4.69) is 22.2 Å². The Labute approximate surface area is 106 Å². The zero-order chi connectivity index (χ0) is 13.0. The largest absolute Gasteiger partial charge is 0.377 e. The molecular formula is C12H18N4O2. The van der Waals surface area contributed by atoms with Crippen LogP contribution in [-0.2, 0) is 9.53 Å². The van der Waals surface area contributed by atoms with Crippen molar-refractivity contribution in [2.24, 2.45) is 0 Å². The van der Waals surface area contributed by atoms with Crippen LogP contribution in [-0.4, -0.2) is 46.9 Å². The highest BCUT2D eigenvalue weighted by molar-refractivity contribution is 5.60. The summed E-state index contributed by atoms with van der Waals surface area (Å²) in [6.45, 7) is 6.35. The van der Waals surface area contributed by atoms with E-state index in [1.54, 1.807) is 12.3 Å². The van der Waals surface area contributed by atoms with Crippen LogP contribution in [0.25, 0.3) is 0 Å². The first-order chi connectivity index (χ1) is 8.76. The van der Waals surface area contributed by atoms with Gasteiger partial charge in [0.1, 0.15) is 11.6 Å². The summed E-state index contributed by atoms with van der Waals surface area (Å²) in [6.07, 6.45) is 4.26. The smallest absolute Gasteiger partial charge is 0.235 e. The van der Waals surface area contributed by atoms with E-state index in [0.29, 0.717) is 24.9 Å². The molecule has 0 spiro atoms. The molecule has 0 bridgehead atoms. The van der Waals surface area contributed by atoms with Crippen molar-refractivity contribution in [1.29, 1.82) is 0 Å². The van der Waals surface area contributed by atoms with E-state index in [9.17, 15) is 4.79 Å². The van der Waals surface area contributed by atoms with Crippen molar-refractivity contribution in [1.82, 2.24) is 14.7 Å². The normalized spacial score (nSPS) is 20.9. The number of morpholine rings is 1. The quantitative estimate of drug-likeness (QED) is 0.805. The van der Waals surface area contributed by atoms with Crippen LogP contribution in [0.1, 0.15) is 13.8 Å². The molecular weight excluding hydrogens is 232 g/mol. The molecule has 6 heteroatoms. The second-order valence-corrected chi connectivity index (χ2v) is 4.18. The molecule has 0 amide bonds. The van der Waals surface area contributed by atoms with Gasteiger partial charge >= 0.3 is 0 Å². The summed E-state index contributed by atoms with van der Waals surface area (Å²) in [6, 6.07) is 2.08. The Kier molecular flexibility index (Phi) is 3.99. The standard InChI is InChI=1S/C12H18N4O2/c1-3-11(15-6-7-18-8-10(15)2)14-12-4-5-13-16(12)9-17/h3-5,9-10,14H,6-8H2,1-2H3/b11-3+. The predicted octanol–water partition coefficient (Wildman–Crippen LogP) is 0.915. The van der Waals surface area contributed by atoms with E-state index < -0.39 is 0 Å². The third kappa shape index (κ3) is 2.53. The molecule has 1 aromatic rings. The third-order valence-corrected chi connectivity index (χ3v) is 2.98. The minimum Gasteiger partial charge on any atom is -0.377 e. The molecule has 1 atom stereocenters. The highest BCUT2D eigenvalue weighted by Crippen LogP contribution is 2.16. The maximum absolute atomic E-state index is 10.8. The average Bonchev–Trinajstić information content (AvgIpc) is 2.84. The van der Waals surface area contributed by atoms with Crippen molar-refractivity contribution in [2.75, 3.05) is 25.1 Å². The minimum absolute atomic E-state index is 0.310. The lowest BCUT2D eigenvalue weighted by Crippen LogP contribution is -2.44. The average molecular weight is 250 g/mol. The molecule has 2 heterocycles. The fourth-order valence-electron chi connectivity index (χ4n) is 2.02. The lowest BCUT2D eigenvalue weighted by molar-refractivity contribution is 0.0175. The van der Waals surface area contributed by atoms with Gasteiger partial charge in [0.05, 0.1) is 25.5 Å². The van der Waals surface area contributed by atoms with Gasteiger partial charge < -0.3 is 15.0 Å². The van der Waals surface area contributed by atoms with Gasteiger partial charge in [0.2, 0.25) is 6.41 Å². The van der Waals surface area contributed by atoms with Gasteiger partial charge in [0.25, 0.3) is 0 Å². The Bertz CT molecular complexity index is 441. The van der Waals surface area contributed by atoms with Gasteiger partial charge in [-0.05, 0) is 19.9 Å². The van der Waals surface area contributed by atoms with E-state index in [-0.39, 0.29) is 0 Å². The van der Waals surface area contributed by atoms with E-state index in [0.717, 1.165) is 19.0 Å². The first-order valence-electron chi connectivity index (χ1n) is 6.02. The number of hydrogen-bond donors (Lipinski definition) is 1. The summed E-state index contributed by atoms with van der Waals surface area (Å²) < 4.78 is 6.69. The molecule has 18 heavy (non-hydrogen) atoms. The first-order valence-corrected chi connectivity index (χ1v) is 6.02. The molecule has 2 rings (SSSR count). The molecule has 6 nitrogen and oxygen atoms in total. The topological polar surface area (TPSA) is 59.4 Å².